The summed E-state index contributed by atoms with van der Waals surface area (Å²) >= 11 is 1.63. The standard InChI is InChI=1S/C16H18N4OS/c17-8-13-1-2-16(14(7-13)10-21)20-5-3-19(4-6-20)9-15-11-22-12-18-15/h1-2,7,11-12,21H,3-6,9-10H2. The second-order valence-electron chi connectivity index (χ2n) is 5.36. The number of nitriles is 1. The third kappa shape index (κ3) is 3.28. The van der Waals surface area contributed by atoms with E-state index in [-0.39, 0.29) is 6.61 Å². The lowest BCUT2D eigenvalue weighted by Crippen LogP contribution is -2.46. The van der Waals surface area contributed by atoms with Gasteiger partial charge < -0.3 is 10.0 Å². The highest BCUT2D eigenvalue weighted by molar-refractivity contribution is 7.07. The fourth-order valence-corrected chi connectivity index (χ4v) is 3.33. The third-order valence-electron chi connectivity index (χ3n) is 3.96. The predicted octanol–water partition coefficient (Wildman–Crippen LogP) is 1.83. The Balaban J connectivity index is 1.65. The molecule has 3 rings (SSSR count). The Morgan fingerprint density at radius 1 is 1.27 bits per heavy atom. The first-order valence-electron chi connectivity index (χ1n) is 7.28. The first-order chi connectivity index (χ1) is 10.8. The quantitative estimate of drug-likeness (QED) is 0.933. The van der Waals surface area contributed by atoms with Crippen molar-refractivity contribution in [3.05, 3.63) is 45.9 Å². The van der Waals surface area contributed by atoms with Crippen molar-refractivity contribution in [2.24, 2.45) is 0 Å². The van der Waals surface area contributed by atoms with E-state index in [2.05, 4.69) is 26.2 Å². The van der Waals surface area contributed by atoms with E-state index in [1.54, 1.807) is 17.4 Å². The second-order valence-corrected chi connectivity index (χ2v) is 6.08. The summed E-state index contributed by atoms with van der Waals surface area (Å²) < 4.78 is 0. The maximum atomic E-state index is 9.54. The molecule has 0 radical (unpaired) electrons. The Kier molecular flexibility index (Phi) is 4.68. The fraction of sp³-hybridized carbons (Fsp3) is 0.375. The van der Waals surface area contributed by atoms with Gasteiger partial charge in [0.25, 0.3) is 0 Å². The molecular weight excluding hydrogens is 296 g/mol. The zero-order chi connectivity index (χ0) is 15.4. The number of aromatic nitrogens is 1. The Morgan fingerprint density at radius 2 is 2.09 bits per heavy atom. The van der Waals surface area contributed by atoms with Crippen LogP contribution in [0.1, 0.15) is 16.8 Å². The van der Waals surface area contributed by atoms with Crippen LogP contribution >= 0.6 is 11.3 Å². The molecule has 114 valence electrons. The highest BCUT2D eigenvalue weighted by Gasteiger charge is 2.19. The van der Waals surface area contributed by atoms with Gasteiger partial charge in [-0.2, -0.15) is 5.26 Å². The molecule has 0 aliphatic carbocycles. The minimum Gasteiger partial charge on any atom is -0.392 e. The van der Waals surface area contributed by atoms with Crippen molar-refractivity contribution in [3.8, 4) is 6.07 Å². The average molecular weight is 314 g/mol. The smallest absolute Gasteiger partial charge is 0.0991 e. The van der Waals surface area contributed by atoms with Crippen LogP contribution in [0.2, 0.25) is 0 Å². The molecule has 1 aliphatic rings. The number of nitrogens with zero attached hydrogens (tertiary/aromatic N) is 4. The minimum atomic E-state index is -0.0378. The van der Waals surface area contributed by atoms with Crippen LogP contribution in [0.3, 0.4) is 0 Å². The van der Waals surface area contributed by atoms with Gasteiger partial charge in [-0.05, 0) is 18.2 Å². The topological polar surface area (TPSA) is 63.4 Å². The van der Waals surface area contributed by atoms with E-state index in [1.165, 1.54) is 0 Å². The molecule has 2 aromatic rings. The van der Waals surface area contributed by atoms with Crippen LogP contribution in [0, 0.1) is 11.3 Å². The molecule has 1 aromatic heterocycles. The Hall–Kier alpha value is -1.94. The van der Waals surface area contributed by atoms with Gasteiger partial charge >= 0.3 is 0 Å². The molecule has 6 heteroatoms. The molecule has 1 saturated heterocycles. The molecular formula is C16H18N4OS. The summed E-state index contributed by atoms with van der Waals surface area (Å²) in [6, 6.07) is 7.65. The highest BCUT2D eigenvalue weighted by atomic mass is 32.1. The molecule has 22 heavy (non-hydrogen) atoms. The Morgan fingerprint density at radius 3 is 2.73 bits per heavy atom. The zero-order valence-corrected chi connectivity index (χ0v) is 13.1. The molecule has 0 atom stereocenters. The molecule has 1 aliphatic heterocycles. The van der Waals surface area contributed by atoms with Gasteiger partial charge in [0.1, 0.15) is 0 Å². The number of aliphatic hydroxyl groups excluding tert-OH is 1. The Labute approximate surface area is 134 Å². The number of thiazole rings is 1. The van der Waals surface area contributed by atoms with E-state index in [9.17, 15) is 5.11 Å². The summed E-state index contributed by atoms with van der Waals surface area (Å²) in [7, 11) is 0. The molecule has 2 heterocycles. The first-order valence-corrected chi connectivity index (χ1v) is 8.22. The first kappa shape index (κ1) is 15.0. The number of aliphatic hydroxyl groups is 1. The van der Waals surface area contributed by atoms with Crippen LogP contribution in [0.15, 0.2) is 29.1 Å². The van der Waals surface area contributed by atoms with E-state index in [0.717, 1.165) is 49.7 Å². The lowest BCUT2D eigenvalue weighted by molar-refractivity contribution is 0.246. The van der Waals surface area contributed by atoms with E-state index >= 15 is 0 Å². The second kappa shape index (κ2) is 6.88. The number of piperazine rings is 1. The SMILES string of the molecule is N#Cc1ccc(N2CCN(Cc3cscn3)CC2)c(CO)c1. The monoisotopic (exact) mass is 314 g/mol. The highest BCUT2D eigenvalue weighted by Crippen LogP contribution is 2.24. The number of hydrogen-bond donors (Lipinski definition) is 1. The number of benzene rings is 1. The van der Waals surface area contributed by atoms with Crippen molar-refractivity contribution in [3.63, 3.8) is 0 Å². The van der Waals surface area contributed by atoms with E-state index in [0.29, 0.717) is 5.56 Å². The van der Waals surface area contributed by atoms with Crippen LogP contribution in [0.25, 0.3) is 0 Å². The lowest BCUT2D eigenvalue weighted by atomic mass is 10.1. The van der Waals surface area contributed by atoms with E-state index in [4.69, 9.17) is 5.26 Å². The van der Waals surface area contributed by atoms with Gasteiger partial charge in [-0.1, -0.05) is 0 Å². The summed E-state index contributed by atoms with van der Waals surface area (Å²) in [5.74, 6) is 0. The number of rotatable bonds is 4. The van der Waals surface area contributed by atoms with Crippen molar-refractivity contribution in [2.75, 3.05) is 31.1 Å². The third-order valence-corrected chi connectivity index (χ3v) is 4.60. The normalized spacial score (nSPS) is 15.7. The van der Waals surface area contributed by atoms with Crippen LogP contribution in [0.5, 0.6) is 0 Å². The van der Waals surface area contributed by atoms with Crippen molar-refractivity contribution in [2.45, 2.75) is 13.2 Å². The Bertz CT molecular complexity index is 657. The molecule has 0 saturated carbocycles. The van der Waals surface area contributed by atoms with Gasteiger partial charge in [0.15, 0.2) is 0 Å². The van der Waals surface area contributed by atoms with Crippen molar-refractivity contribution < 1.29 is 5.11 Å². The molecule has 0 bridgehead atoms. The van der Waals surface area contributed by atoms with E-state index in [1.807, 2.05) is 17.6 Å². The minimum absolute atomic E-state index is 0.0378. The molecule has 5 nitrogen and oxygen atoms in total. The van der Waals surface area contributed by atoms with E-state index < -0.39 is 0 Å². The molecule has 1 fully saturated rings. The summed E-state index contributed by atoms with van der Waals surface area (Å²) in [6.07, 6.45) is 0. The summed E-state index contributed by atoms with van der Waals surface area (Å²) in [4.78, 5) is 9.01. The summed E-state index contributed by atoms with van der Waals surface area (Å²) in [5.41, 5.74) is 5.46. The zero-order valence-electron chi connectivity index (χ0n) is 12.3. The summed E-state index contributed by atoms with van der Waals surface area (Å²) in [5, 5.41) is 20.6. The van der Waals surface area contributed by atoms with Gasteiger partial charge in [0.2, 0.25) is 0 Å². The molecule has 1 N–H and O–H groups in total. The molecule has 0 spiro atoms. The van der Waals surface area contributed by atoms with Crippen LogP contribution in [0.4, 0.5) is 5.69 Å². The van der Waals surface area contributed by atoms with Gasteiger partial charge in [-0.3, -0.25) is 4.90 Å². The maximum Gasteiger partial charge on any atom is 0.0991 e. The average Bonchev–Trinajstić information content (AvgIpc) is 3.08. The van der Waals surface area contributed by atoms with Crippen molar-refractivity contribution >= 4 is 17.0 Å². The molecule has 1 aromatic carbocycles. The predicted molar refractivity (Wildman–Crippen MR) is 86.7 cm³/mol. The van der Waals surface area contributed by atoms with Crippen molar-refractivity contribution in [1.29, 1.82) is 5.26 Å². The van der Waals surface area contributed by atoms with Gasteiger partial charge in [-0.15, -0.1) is 11.3 Å². The van der Waals surface area contributed by atoms with Crippen LogP contribution in [-0.4, -0.2) is 41.2 Å². The number of hydrogen-bond acceptors (Lipinski definition) is 6. The molecule has 0 unspecified atom stereocenters. The van der Waals surface area contributed by atoms with Crippen LogP contribution in [-0.2, 0) is 13.2 Å². The molecule has 0 amide bonds. The summed E-state index contributed by atoms with van der Waals surface area (Å²) in [6.45, 7) is 4.65. The lowest BCUT2D eigenvalue weighted by Gasteiger charge is -2.36. The fourth-order valence-electron chi connectivity index (χ4n) is 2.78. The van der Waals surface area contributed by atoms with Gasteiger partial charge in [0.05, 0.1) is 29.4 Å². The van der Waals surface area contributed by atoms with Gasteiger partial charge in [-0.25, -0.2) is 4.98 Å². The van der Waals surface area contributed by atoms with Crippen LogP contribution < -0.4 is 4.90 Å². The largest absolute Gasteiger partial charge is 0.392 e. The number of anilines is 1. The maximum absolute atomic E-state index is 9.54. The van der Waals surface area contributed by atoms with Gasteiger partial charge in [0, 0.05) is 49.4 Å². The van der Waals surface area contributed by atoms with Crippen molar-refractivity contribution in [1.82, 2.24) is 9.88 Å².